The molecular weight excluding hydrogens is 184 g/mol. The maximum Gasteiger partial charge on any atom is 0.303 e. The molecule has 2 atom stereocenters. The molecule has 0 spiro atoms. The molecule has 0 radical (unpaired) electrons. The van der Waals surface area contributed by atoms with Crippen molar-refractivity contribution in [2.24, 2.45) is 5.92 Å². The van der Waals surface area contributed by atoms with Crippen LogP contribution in [-0.4, -0.2) is 23.1 Å². The molecule has 14 heavy (non-hydrogen) atoms. The highest BCUT2D eigenvalue weighted by molar-refractivity contribution is 5.68. The van der Waals surface area contributed by atoms with E-state index in [2.05, 4.69) is 0 Å². The zero-order valence-corrected chi connectivity index (χ0v) is 8.36. The third-order valence-electron chi connectivity index (χ3n) is 2.59. The summed E-state index contributed by atoms with van der Waals surface area (Å²) in [5.74, 6) is -1.12. The first-order valence-electron chi connectivity index (χ1n) is 4.98. The van der Waals surface area contributed by atoms with Crippen molar-refractivity contribution in [1.29, 1.82) is 0 Å². The van der Waals surface area contributed by atoms with E-state index in [4.69, 9.17) is 9.84 Å². The number of rotatable bonds is 3. The molecule has 1 N–H and O–H groups in total. The quantitative estimate of drug-likeness (QED) is 0.702. The van der Waals surface area contributed by atoms with Gasteiger partial charge in [0.15, 0.2) is 0 Å². The lowest BCUT2D eigenvalue weighted by Gasteiger charge is -2.29. The fourth-order valence-corrected chi connectivity index (χ4v) is 2.00. The average molecular weight is 200 g/mol. The standard InChI is InChI=1S/C10H16O4/c1-7(11)14-9-5-3-2-4-8(9)6-10(12)13/h8-9H,2-6H2,1H3,(H,12,13)/t8-,9+/m0/s1. The fraction of sp³-hybridized carbons (Fsp3) is 0.800. The van der Waals surface area contributed by atoms with E-state index in [0.717, 1.165) is 25.7 Å². The van der Waals surface area contributed by atoms with Crippen molar-refractivity contribution < 1.29 is 19.4 Å². The van der Waals surface area contributed by atoms with E-state index in [9.17, 15) is 9.59 Å². The number of ether oxygens (including phenoxy) is 1. The molecule has 0 amide bonds. The van der Waals surface area contributed by atoms with Gasteiger partial charge in [-0.05, 0) is 19.3 Å². The van der Waals surface area contributed by atoms with E-state index in [1.165, 1.54) is 6.92 Å². The molecular formula is C10H16O4. The number of hydrogen-bond donors (Lipinski definition) is 1. The Morgan fingerprint density at radius 3 is 2.57 bits per heavy atom. The minimum Gasteiger partial charge on any atom is -0.481 e. The van der Waals surface area contributed by atoms with Crippen LogP contribution in [0.4, 0.5) is 0 Å². The van der Waals surface area contributed by atoms with Crippen LogP contribution < -0.4 is 0 Å². The van der Waals surface area contributed by atoms with Crippen LogP contribution in [0, 0.1) is 5.92 Å². The lowest BCUT2D eigenvalue weighted by molar-refractivity contribution is -0.154. The summed E-state index contributed by atoms with van der Waals surface area (Å²) in [6.07, 6.45) is 3.64. The molecule has 1 saturated carbocycles. The molecule has 4 nitrogen and oxygen atoms in total. The maximum atomic E-state index is 10.8. The van der Waals surface area contributed by atoms with Crippen molar-refractivity contribution >= 4 is 11.9 Å². The van der Waals surface area contributed by atoms with Crippen LogP contribution in [0.2, 0.25) is 0 Å². The normalized spacial score (nSPS) is 26.9. The van der Waals surface area contributed by atoms with Gasteiger partial charge < -0.3 is 9.84 Å². The molecule has 0 aromatic heterocycles. The van der Waals surface area contributed by atoms with Gasteiger partial charge in [0.05, 0.1) is 6.42 Å². The zero-order chi connectivity index (χ0) is 10.6. The number of carbonyl (C=O) groups excluding carboxylic acids is 1. The Bertz CT molecular complexity index is 200. The highest BCUT2D eigenvalue weighted by Gasteiger charge is 2.29. The Balaban J connectivity index is 2.49. The zero-order valence-electron chi connectivity index (χ0n) is 8.36. The first-order chi connectivity index (χ1) is 6.59. The second-order valence-corrected chi connectivity index (χ2v) is 3.79. The molecule has 0 unspecified atom stereocenters. The van der Waals surface area contributed by atoms with E-state index in [1.807, 2.05) is 0 Å². The molecule has 0 aromatic rings. The molecule has 1 aliphatic carbocycles. The van der Waals surface area contributed by atoms with Gasteiger partial charge in [-0.15, -0.1) is 0 Å². The van der Waals surface area contributed by atoms with Crippen LogP contribution in [0.25, 0.3) is 0 Å². The highest BCUT2D eigenvalue weighted by Crippen LogP contribution is 2.29. The number of esters is 1. The summed E-state index contributed by atoms with van der Waals surface area (Å²) in [6.45, 7) is 1.37. The van der Waals surface area contributed by atoms with Gasteiger partial charge in [-0.2, -0.15) is 0 Å². The van der Waals surface area contributed by atoms with Crippen LogP contribution in [-0.2, 0) is 14.3 Å². The number of carboxylic acid groups (broad SMARTS) is 1. The lowest BCUT2D eigenvalue weighted by Crippen LogP contribution is -2.30. The second-order valence-electron chi connectivity index (χ2n) is 3.79. The number of hydrogen-bond acceptors (Lipinski definition) is 3. The predicted molar refractivity (Wildman–Crippen MR) is 49.8 cm³/mol. The third-order valence-corrected chi connectivity index (χ3v) is 2.59. The van der Waals surface area contributed by atoms with Gasteiger partial charge in [0, 0.05) is 12.8 Å². The molecule has 0 heterocycles. The van der Waals surface area contributed by atoms with Crippen molar-refractivity contribution in [3.05, 3.63) is 0 Å². The van der Waals surface area contributed by atoms with E-state index >= 15 is 0 Å². The van der Waals surface area contributed by atoms with Gasteiger partial charge in [-0.25, -0.2) is 0 Å². The molecule has 1 aliphatic rings. The van der Waals surface area contributed by atoms with Gasteiger partial charge in [0.1, 0.15) is 6.10 Å². The van der Waals surface area contributed by atoms with Crippen LogP contribution in [0.15, 0.2) is 0 Å². The van der Waals surface area contributed by atoms with E-state index in [0.29, 0.717) is 0 Å². The second kappa shape index (κ2) is 4.98. The monoisotopic (exact) mass is 200 g/mol. The first-order valence-corrected chi connectivity index (χ1v) is 4.98. The SMILES string of the molecule is CC(=O)O[C@@H]1CCCC[C@H]1CC(=O)O. The summed E-state index contributed by atoms with van der Waals surface area (Å²) in [7, 11) is 0. The van der Waals surface area contributed by atoms with Gasteiger partial charge in [0.2, 0.25) is 0 Å². The number of carbonyl (C=O) groups is 2. The van der Waals surface area contributed by atoms with E-state index in [-0.39, 0.29) is 24.4 Å². The molecule has 1 fully saturated rings. The lowest BCUT2D eigenvalue weighted by atomic mass is 9.84. The van der Waals surface area contributed by atoms with Gasteiger partial charge in [-0.1, -0.05) is 6.42 Å². The smallest absolute Gasteiger partial charge is 0.303 e. The Morgan fingerprint density at radius 2 is 2.00 bits per heavy atom. The van der Waals surface area contributed by atoms with Crippen molar-refractivity contribution in [3.8, 4) is 0 Å². The minimum atomic E-state index is -0.811. The third kappa shape index (κ3) is 3.36. The predicted octanol–water partition coefficient (Wildman–Crippen LogP) is 1.58. The van der Waals surface area contributed by atoms with Crippen LogP contribution in [0.1, 0.15) is 39.0 Å². The summed E-state index contributed by atoms with van der Waals surface area (Å²) in [5, 5.41) is 8.68. The summed E-state index contributed by atoms with van der Waals surface area (Å²) in [6, 6.07) is 0. The Labute approximate surface area is 83.2 Å². The van der Waals surface area contributed by atoms with E-state index < -0.39 is 5.97 Å². The fourth-order valence-electron chi connectivity index (χ4n) is 2.00. The highest BCUT2D eigenvalue weighted by atomic mass is 16.5. The van der Waals surface area contributed by atoms with Gasteiger partial charge in [0.25, 0.3) is 0 Å². The molecule has 0 saturated heterocycles. The summed E-state index contributed by atoms with van der Waals surface area (Å²) < 4.78 is 5.10. The number of aliphatic carboxylic acids is 1. The van der Waals surface area contributed by atoms with Crippen LogP contribution in [0.5, 0.6) is 0 Å². The van der Waals surface area contributed by atoms with Gasteiger partial charge in [-0.3, -0.25) is 9.59 Å². The Morgan fingerprint density at radius 1 is 1.36 bits per heavy atom. The van der Waals surface area contributed by atoms with Crippen molar-refractivity contribution in [2.45, 2.75) is 45.1 Å². The van der Waals surface area contributed by atoms with Crippen LogP contribution in [0.3, 0.4) is 0 Å². The van der Waals surface area contributed by atoms with Crippen molar-refractivity contribution in [2.75, 3.05) is 0 Å². The summed E-state index contributed by atoms with van der Waals surface area (Å²) >= 11 is 0. The van der Waals surface area contributed by atoms with Crippen molar-refractivity contribution in [1.82, 2.24) is 0 Å². The van der Waals surface area contributed by atoms with Crippen molar-refractivity contribution in [3.63, 3.8) is 0 Å². The van der Waals surface area contributed by atoms with E-state index in [1.54, 1.807) is 0 Å². The summed E-state index contributed by atoms with van der Waals surface area (Å²) in [4.78, 5) is 21.3. The average Bonchev–Trinajstić information content (AvgIpc) is 2.06. The maximum absolute atomic E-state index is 10.8. The molecule has 0 bridgehead atoms. The molecule has 0 aliphatic heterocycles. The summed E-state index contributed by atoms with van der Waals surface area (Å²) in [5.41, 5.74) is 0. The molecule has 0 aromatic carbocycles. The van der Waals surface area contributed by atoms with Crippen LogP contribution >= 0.6 is 0 Å². The topological polar surface area (TPSA) is 63.6 Å². The number of carboxylic acids is 1. The minimum absolute atomic E-state index is 0.00477. The molecule has 80 valence electrons. The molecule has 4 heteroatoms. The Hall–Kier alpha value is -1.06. The largest absolute Gasteiger partial charge is 0.481 e. The molecule has 1 rings (SSSR count). The Kier molecular flexibility index (Phi) is 3.92. The first kappa shape index (κ1) is 11.0. The van der Waals surface area contributed by atoms with Gasteiger partial charge >= 0.3 is 11.9 Å².